The lowest BCUT2D eigenvalue weighted by Crippen LogP contribution is -2.16. The molecule has 0 fully saturated rings. The summed E-state index contributed by atoms with van der Waals surface area (Å²) in [6, 6.07) is 0. The van der Waals surface area contributed by atoms with Crippen molar-refractivity contribution in [1.82, 2.24) is 0 Å². The van der Waals surface area contributed by atoms with E-state index in [1.807, 2.05) is 13.8 Å². The molecule has 0 heterocycles. The molecular weight excluding hydrogens is 222 g/mol. The Morgan fingerprint density at radius 3 is 2.06 bits per heavy atom. The van der Waals surface area contributed by atoms with E-state index in [0.29, 0.717) is 11.1 Å². The zero-order valence-electron chi connectivity index (χ0n) is 10.3. The van der Waals surface area contributed by atoms with E-state index in [4.69, 9.17) is 0 Å². The fourth-order valence-corrected chi connectivity index (χ4v) is 1.83. The number of hydrogen-bond acceptors (Lipinski definition) is 4. The van der Waals surface area contributed by atoms with Gasteiger partial charge in [-0.25, -0.2) is 0 Å². The zero-order chi connectivity index (χ0) is 13.3. The maximum absolute atomic E-state index is 11.7. The summed E-state index contributed by atoms with van der Waals surface area (Å²) >= 11 is 0. The van der Waals surface area contributed by atoms with Crippen molar-refractivity contribution in [3.05, 3.63) is 37.9 Å². The highest BCUT2D eigenvalue weighted by atomic mass is 16.6. The molecule has 0 saturated carbocycles. The van der Waals surface area contributed by atoms with Crippen LogP contribution in [0.2, 0.25) is 0 Å². The predicted octanol–water partition coefficient (Wildman–Crippen LogP) is 2.09. The molecule has 0 atom stereocenters. The highest BCUT2D eigenvalue weighted by molar-refractivity contribution is 6.01. The van der Waals surface area contributed by atoms with E-state index >= 15 is 0 Å². The van der Waals surface area contributed by atoms with E-state index in [0.717, 1.165) is 11.1 Å². The topological polar surface area (TPSA) is 80.4 Å². The standard InChI is InChI=1S/C12H15NO4/c1-6-7(2)9(4)12(15)11(8(6)3)10(14)5-13(16)17/h15H,5H2,1-4H3. The van der Waals surface area contributed by atoms with E-state index in [1.54, 1.807) is 13.8 Å². The van der Waals surface area contributed by atoms with Crippen LogP contribution in [0.3, 0.4) is 0 Å². The molecule has 0 aliphatic heterocycles. The molecule has 1 N–H and O–H groups in total. The largest absolute Gasteiger partial charge is 0.507 e. The monoisotopic (exact) mass is 237 g/mol. The van der Waals surface area contributed by atoms with Crippen LogP contribution in [0.1, 0.15) is 32.6 Å². The number of hydrogen-bond donors (Lipinski definition) is 1. The molecule has 5 heteroatoms. The first-order valence-electron chi connectivity index (χ1n) is 5.21. The minimum absolute atomic E-state index is 0.0716. The molecule has 0 bridgehead atoms. The zero-order valence-corrected chi connectivity index (χ0v) is 10.3. The normalized spacial score (nSPS) is 10.4. The quantitative estimate of drug-likeness (QED) is 0.496. The number of phenols is 1. The summed E-state index contributed by atoms with van der Waals surface area (Å²) < 4.78 is 0. The first-order valence-corrected chi connectivity index (χ1v) is 5.21. The fourth-order valence-electron chi connectivity index (χ4n) is 1.83. The van der Waals surface area contributed by atoms with Gasteiger partial charge < -0.3 is 5.11 Å². The van der Waals surface area contributed by atoms with Crippen molar-refractivity contribution in [2.75, 3.05) is 6.54 Å². The van der Waals surface area contributed by atoms with Gasteiger partial charge in [-0.3, -0.25) is 14.9 Å². The van der Waals surface area contributed by atoms with E-state index < -0.39 is 17.3 Å². The number of carbonyl (C=O) groups is 1. The van der Waals surface area contributed by atoms with Crippen LogP contribution in [0.15, 0.2) is 0 Å². The molecule has 1 aromatic rings. The van der Waals surface area contributed by atoms with Gasteiger partial charge in [0.15, 0.2) is 0 Å². The van der Waals surface area contributed by atoms with Gasteiger partial charge in [0.2, 0.25) is 5.78 Å². The number of rotatable bonds is 3. The maximum Gasteiger partial charge on any atom is 0.265 e. The Balaban J connectivity index is 3.44. The minimum atomic E-state index is -0.795. The predicted molar refractivity (Wildman–Crippen MR) is 63.2 cm³/mol. The van der Waals surface area contributed by atoms with Crippen LogP contribution in [0.5, 0.6) is 5.75 Å². The highest BCUT2D eigenvalue weighted by Crippen LogP contribution is 2.31. The molecule has 92 valence electrons. The number of nitrogens with zero attached hydrogens (tertiary/aromatic N) is 1. The molecule has 0 aliphatic carbocycles. The lowest BCUT2D eigenvalue weighted by Gasteiger charge is -2.15. The first-order chi connectivity index (χ1) is 7.77. The van der Waals surface area contributed by atoms with Gasteiger partial charge in [0.1, 0.15) is 5.75 Å². The van der Waals surface area contributed by atoms with E-state index in [9.17, 15) is 20.0 Å². The van der Waals surface area contributed by atoms with E-state index in [1.165, 1.54) is 0 Å². The van der Waals surface area contributed by atoms with Gasteiger partial charge in [-0.1, -0.05) is 0 Å². The molecule has 0 aromatic heterocycles. The molecule has 0 aliphatic rings. The first kappa shape index (κ1) is 13.2. The van der Waals surface area contributed by atoms with Crippen LogP contribution in [0, 0.1) is 37.8 Å². The number of carbonyl (C=O) groups excluding carboxylic acids is 1. The third-order valence-electron chi connectivity index (χ3n) is 3.21. The van der Waals surface area contributed by atoms with Crippen molar-refractivity contribution in [2.24, 2.45) is 0 Å². The molecule has 1 aromatic carbocycles. The molecule has 0 radical (unpaired) electrons. The Kier molecular flexibility index (Phi) is 3.50. The van der Waals surface area contributed by atoms with Crippen LogP contribution >= 0.6 is 0 Å². The van der Waals surface area contributed by atoms with E-state index in [2.05, 4.69) is 0 Å². The van der Waals surface area contributed by atoms with Gasteiger partial charge >= 0.3 is 0 Å². The summed E-state index contributed by atoms with van der Waals surface area (Å²) in [4.78, 5) is 21.4. The van der Waals surface area contributed by atoms with E-state index in [-0.39, 0.29) is 11.3 Å². The smallest absolute Gasteiger partial charge is 0.265 e. The Morgan fingerprint density at radius 2 is 1.59 bits per heavy atom. The van der Waals surface area contributed by atoms with Gasteiger partial charge in [-0.2, -0.15) is 0 Å². The van der Waals surface area contributed by atoms with Gasteiger partial charge in [0, 0.05) is 4.92 Å². The van der Waals surface area contributed by atoms with Crippen molar-refractivity contribution in [1.29, 1.82) is 0 Å². The summed E-state index contributed by atoms with van der Waals surface area (Å²) in [6.45, 7) is 6.27. The summed E-state index contributed by atoms with van der Waals surface area (Å²) in [5, 5.41) is 20.3. The molecule has 5 nitrogen and oxygen atoms in total. The Hall–Kier alpha value is -1.91. The third-order valence-corrected chi connectivity index (χ3v) is 3.21. The summed E-state index contributed by atoms with van der Waals surface area (Å²) in [5.41, 5.74) is 3.06. The highest BCUT2D eigenvalue weighted by Gasteiger charge is 2.23. The second-order valence-corrected chi connectivity index (χ2v) is 4.14. The Morgan fingerprint density at radius 1 is 1.12 bits per heavy atom. The SMILES string of the molecule is Cc1c(C)c(C)c(C(=O)C[N+](=O)[O-])c(O)c1C. The fraction of sp³-hybridized carbons (Fsp3) is 0.417. The average molecular weight is 237 g/mol. The number of nitro groups is 1. The molecule has 0 amide bonds. The lowest BCUT2D eigenvalue weighted by atomic mass is 9.91. The van der Waals surface area contributed by atoms with Crippen LogP contribution < -0.4 is 0 Å². The molecule has 0 saturated heterocycles. The number of benzene rings is 1. The Labute approximate surface area is 99.2 Å². The molecule has 1 rings (SSSR count). The Bertz CT molecular complexity index is 477. The molecule has 0 spiro atoms. The number of ketones is 1. The summed E-state index contributed by atoms with van der Waals surface area (Å²) in [6.07, 6.45) is 0. The van der Waals surface area contributed by atoms with Crippen LogP contribution in [0.25, 0.3) is 0 Å². The second kappa shape index (κ2) is 4.53. The van der Waals surface area contributed by atoms with Crippen molar-refractivity contribution >= 4 is 5.78 Å². The van der Waals surface area contributed by atoms with Gasteiger partial charge in [-0.15, -0.1) is 0 Å². The molecule has 17 heavy (non-hydrogen) atoms. The van der Waals surface area contributed by atoms with Crippen LogP contribution in [-0.2, 0) is 0 Å². The van der Waals surface area contributed by atoms with Crippen molar-refractivity contribution in [2.45, 2.75) is 27.7 Å². The number of Topliss-reactive ketones (excluding diaryl/α,β-unsaturated/α-hetero) is 1. The molecular formula is C12H15NO4. The van der Waals surface area contributed by atoms with Gasteiger partial charge in [0.05, 0.1) is 5.56 Å². The average Bonchev–Trinajstić information content (AvgIpc) is 2.23. The molecule has 0 unspecified atom stereocenters. The summed E-state index contributed by atoms with van der Waals surface area (Å²) in [5.74, 6) is -0.798. The van der Waals surface area contributed by atoms with Crippen LogP contribution in [-0.4, -0.2) is 22.4 Å². The van der Waals surface area contributed by atoms with Crippen LogP contribution in [0.4, 0.5) is 0 Å². The number of phenolic OH excluding ortho intramolecular Hbond substituents is 1. The minimum Gasteiger partial charge on any atom is -0.507 e. The van der Waals surface area contributed by atoms with Gasteiger partial charge in [-0.05, 0) is 49.9 Å². The van der Waals surface area contributed by atoms with Crippen molar-refractivity contribution in [3.8, 4) is 5.75 Å². The lowest BCUT2D eigenvalue weighted by molar-refractivity contribution is -0.465. The summed E-state index contributed by atoms with van der Waals surface area (Å²) in [7, 11) is 0. The number of aromatic hydroxyl groups is 1. The van der Waals surface area contributed by atoms with Crippen molar-refractivity contribution < 1.29 is 14.8 Å². The van der Waals surface area contributed by atoms with Gasteiger partial charge in [0.25, 0.3) is 6.54 Å². The van der Waals surface area contributed by atoms with Crippen molar-refractivity contribution in [3.63, 3.8) is 0 Å². The third kappa shape index (κ3) is 2.27. The second-order valence-electron chi connectivity index (χ2n) is 4.14. The maximum atomic E-state index is 11.7.